The molecule has 5 nitrogen and oxygen atoms in total. The lowest BCUT2D eigenvalue weighted by atomic mass is 9.95. The first-order valence-corrected chi connectivity index (χ1v) is 9.84. The first-order chi connectivity index (χ1) is 13.6. The topological polar surface area (TPSA) is 58.1 Å². The van der Waals surface area contributed by atoms with Crippen molar-refractivity contribution in [3.05, 3.63) is 76.8 Å². The Bertz CT molecular complexity index is 1030. The number of nitrogens with zero attached hydrogens (tertiary/aromatic N) is 3. The number of carbonyl (C=O) groups excluding carboxylic acids is 1. The van der Waals surface area contributed by atoms with E-state index in [1.807, 2.05) is 35.8 Å². The van der Waals surface area contributed by atoms with Crippen molar-refractivity contribution in [2.75, 3.05) is 23.3 Å². The molecule has 1 amide bonds. The average molecular weight is 467 g/mol. The molecule has 0 fully saturated rings. The summed E-state index contributed by atoms with van der Waals surface area (Å²) >= 11 is 1.65. The van der Waals surface area contributed by atoms with Crippen LogP contribution in [0.3, 0.4) is 0 Å². The lowest BCUT2D eigenvalue weighted by Gasteiger charge is -2.30. The van der Waals surface area contributed by atoms with Crippen LogP contribution in [0.5, 0.6) is 0 Å². The zero-order valence-corrected chi connectivity index (χ0v) is 18.6. The van der Waals surface area contributed by atoms with Crippen LogP contribution in [0.4, 0.5) is 15.2 Å². The minimum atomic E-state index is -0.637. The number of pyridine rings is 1. The highest BCUT2D eigenvalue weighted by Crippen LogP contribution is 2.31. The maximum Gasteiger partial charge on any atom is 0.258 e. The van der Waals surface area contributed by atoms with Gasteiger partial charge in [-0.1, -0.05) is 17.7 Å². The Balaban J connectivity index is 0.00000160. The van der Waals surface area contributed by atoms with Crippen molar-refractivity contribution in [2.45, 2.75) is 13.3 Å². The highest BCUT2D eigenvalue weighted by molar-refractivity contribution is 7.13. The van der Waals surface area contributed by atoms with E-state index in [4.69, 9.17) is 0 Å². The summed E-state index contributed by atoms with van der Waals surface area (Å²) < 4.78 is 13.7. The quantitative estimate of drug-likeness (QED) is 0.554. The van der Waals surface area contributed by atoms with Gasteiger partial charge in [0.1, 0.15) is 0 Å². The van der Waals surface area contributed by atoms with E-state index in [1.54, 1.807) is 11.3 Å². The van der Waals surface area contributed by atoms with Crippen LogP contribution in [0.2, 0.25) is 0 Å². The van der Waals surface area contributed by atoms with Gasteiger partial charge in [0.15, 0.2) is 10.9 Å². The molecule has 0 atom stereocenters. The molecule has 0 bridgehead atoms. The summed E-state index contributed by atoms with van der Waals surface area (Å²) in [4.78, 5) is 22.6. The molecule has 0 spiro atoms. The fraction of sp³-hybridized carbons (Fsp3) is 0.190. The lowest BCUT2D eigenvalue weighted by Crippen LogP contribution is -2.30. The van der Waals surface area contributed by atoms with E-state index in [0.717, 1.165) is 36.4 Å². The van der Waals surface area contributed by atoms with Gasteiger partial charge >= 0.3 is 0 Å². The number of rotatable bonds is 4. The van der Waals surface area contributed by atoms with Crippen molar-refractivity contribution in [1.82, 2.24) is 9.97 Å². The first kappa shape index (κ1) is 23.8. The van der Waals surface area contributed by atoms with Gasteiger partial charge in [0.25, 0.3) is 5.91 Å². The fourth-order valence-corrected chi connectivity index (χ4v) is 3.91. The third kappa shape index (κ3) is 5.16. The Hall–Kier alpha value is -2.48. The van der Waals surface area contributed by atoms with Crippen LogP contribution in [0.25, 0.3) is 5.57 Å². The Morgan fingerprint density at radius 1 is 1.17 bits per heavy atom. The van der Waals surface area contributed by atoms with Crippen molar-refractivity contribution < 1.29 is 9.18 Å². The van der Waals surface area contributed by atoms with Crippen molar-refractivity contribution in [1.29, 1.82) is 0 Å². The Morgan fingerprint density at radius 2 is 1.93 bits per heavy atom. The minimum absolute atomic E-state index is 0. The zero-order chi connectivity index (χ0) is 19.5. The molecule has 158 valence electrons. The standard InChI is InChI=1S/C21H19FN4OS.2ClH/c1-14-7-10-26(21-24-9-11-28-21)13-18(14)15-2-4-16(5-3-15)25-20(27)17-6-8-23-12-19(17)22;;/h2-6,8-9,11-12H,7,10,13H2,1H3,(H,25,27);2*1H. The van der Waals surface area contributed by atoms with Gasteiger partial charge in [-0.15, -0.1) is 36.2 Å². The molecule has 2 aromatic heterocycles. The van der Waals surface area contributed by atoms with Gasteiger partial charge < -0.3 is 10.2 Å². The largest absolute Gasteiger partial charge is 0.343 e. The summed E-state index contributed by atoms with van der Waals surface area (Å²) in [6.45, 7) is 3.94. The first-order valence-electron chi connectivity index (χ1n) is 8.96. The van der Waals surface area contributed by atoms with Crippen molar-refractivity contribution >= 4 is 58.5 Å². The number of amides is 1. The highest BCUT2D eigenvalue weighted by atomic mass is 35.5. The predicted octanol–water partition coefficient (Wildman–Crippen LogP) is 5.46. The molecule has 30 heavy (non-hydrogen) atoms. The van der Waals surface area contributed by atoms with E-state index in [-0.39, 0.29) is 30.4 Å². The smallest absolute Gasteiger partial charge is 0.258 e. The van der Waals surface area contributed by atoms with Crippen molar-refractivity contribution in [2.24, 2.45) is 0 Å². The van der Waals surface area contributed by atoms with Crippen LogP contribution in [0.1, 0.15) is 29.3 Å². The Kier molecular flexibility index (Phi) is 8.34. The van der Waals surface area contributed by atoms with E-state index in [0.29, 0.717) is 5.69 Å². The van der Waals surface area contributed by atoms with Crippen LogP contribution in [0, 0.1) is 5.82 Å². The van der Waals surface area contributed by atoms with Gasteiger partial charge in [-0.25, -0.2) is 9.37 Å². The normalized spacial score (nSPS) is 13.3. The molecule has 3 heterocycles. The van der Waals surface area contributed by atoms with Gasteiger partial charge in [-0.2, -0.15) is 0 Å². The third-order valence-electron chi connectivity index (χ3n) is 4.82. The van der Waals surface area contributed by atoms with Gasteiger partial charge in [0, 0.05) is 36.6 Å². The van der Waals surface area contributed by atoms with Gasteiger partial charge in [-0.05, 0) is 42.7 Å². The van der Waals surface area contributed by atoms with Crippen LogP contribution in [-0.4, -0.2) is 29.0 Å². The molecule has 1 N–H and O–H groups in total. The maximum atomic E-state index is 13.7. The molecule has 1 aliphatic rings. The number of benzene rings is 1. The average Bonchev–Trinajstić information content (AvgIpc) is 3.24. The lowest BCUT2D eigenvalue weighted by molar-refractivity contribution is 0.102. The summed E-state index contributed by atoms with van der Waals surface area (Å²) in [5.41, 5.74) is 4.36. The summed E-state index contributed by atoms with van der Waals surface area (Å²) in [6, 6.07) is 9.03. The number of aromatic nitrogens is 2. The second-order valence-corrected chi connectivity index (χ2v) is 7.51. The summed E-state index contributed by atoms with van der Waals surface area (Å²) in [5.74, 6) is -1.13. The molecule has 0 radical (unpaired) electrons. The summed E-state index contributed by atoms with van der Waals surface area (Å²) in [7, 11) is 0. The van der Waals surface area contributed by atoms with E-state index in [1.165, 1.54) is 23.4 Å². The van der Waals surface area contributed by atoms with Crippen LogP contribution in [0.15, 0.2) is 59.9 Å². The molecule has 0 saturated carbocycles. The highest BCUT2D eigenvalue weighted by Gasteiger charge is 2.20. The fourth-order valence-electron chi connectivity index (χ4n) is 3.24. The molecule has 0 saturated heterocycles. The summed E-state index contributed by atoms with van der Waals surface area (Å²) in [5, 5.41) is 5.75. The number of anilines is 2. The minimum Gasteiger partial charge on any atom is -0.343 e. The van der Waals surface area contributed by atoms with Gasteiger partial charge in [-0.3, -0.25) is 9.78 Å². The number of hydrogen-bond acceptors (Lipinski definition) is 5. The van der Waals surface area contributed by atoms with Crippen molar-refractivity contribution in [3.63, 3.8) is 0 Å². The molecule has 0 unspecified atom stereocenters. The number of hydrogen-bond donors (Lipinski definition) is 1. The molecule has 4 rings (SSSR count). The second kappa shape index (κ2) is 10.5. The van der Waals surface area contributed by atoms with E-state index < -0.39 is 11.7 Å². The Morgan fingerprint density at radius 3 is 2.60 bits per heavy atom. The van der Waals surface area contributed by atoms with Crippen LogP contribution >= 0.6 is 36.2 Å². The monoisotopic (exact) mass is 466 g/mol. The number of halogens is 3. The molecule has 0 aliphatic carbocycles. The maximum absolute atomic E-state index is 13.7. The molecule has 9 heteroatoms. The van der Waals surface area contributed by atoms with Crippen molar-refractivity contribution in [3.8, 4) is 0 Å². The number of thiazole rings is 1. The molecular formula is C21H21Cl2FN4OS. The Labute approximate surface area is 190 Å². The third-order valence-corrected chi connectivity index (χ3v) is 5.65. The zero-order valence-electron chi connectivity index (χ0n) is 16.2. The van der Waals surface area contributed by atoms with Gasteiger partial charge in [0.2, 0.25) is 0 Å². The molecule has 1 aliphatic heterocycles. The predicted molar refractivity (Wildman–Crippen MR) is 125 cm³/mol. The number of nitrogens with one attached hydrogen (secondary N) is 1. The van der Waals surface area contributed by atoms with Crippen LogP contribution in [-0.2, 0) is 0 Å². The number of carbonyl (C=O) groups is 1. The van der Waals surface area contributed by atoms with E-state index in [9.17, 15) is 9.18 Å². The van der Waals surface area contributed by atoms with Gasteiger partial charge in [0.05, 0.1) is 11.8 Å². The second-order valence-electron chi connectivity index (χ2n) is 6.63. The summed E-state index contributed by atoms with van der Waals surface area (Å²) in [6.07, 6.45) is 5.25. The molecular weight excluding hydrogens is 446 g/mol. The molecule has 3 aromatic rings. The van der Waals surface area contributed by atoms with Crippen LogP contribution < -0.4 is 10.2 Å². The SMILES string of the molecule is CC1=C(c2ccc(NC(=O)c3ccncc3F)cc2)CN(c2nccs2)CC1.Cl.Cl. The van der Waals surface area contributed by atoms with E-state index in [2.05, 4.69) is 27.1 Å². The molecule has 1 aromatic carbocycles. The van der Waals surface area contributed by atoms with E-state index >= 15 is 0 Å².